The molecule has 18 heavy (non-hydrogen) atoms. The summed E-state index contributed by atoms with van der Waals surface area (Å²) in [6.45, 7) is 4.08. The van der Waals surface area contributed by atoms with Gasteiger partial charge in [-0.05, 0) is 43.2 Å². The molecule has 4 heteroatoms. The molecule has 0 spiro atoms. The molecule has 0 amide bonds. The summed E-state index contributed by atoms with van der Waals surface area (Å²) >= 11 is 0. The first-order valence-electron chi connectivity index (χ1n) is 5.50. The van der Waals surface area contributed by atoms with Gasteiger partial charge in [-0.3, -0.25) is 0 Å². The van der Waals surface area contributed by atoms with Gasteiger partial charge in [0.2, 0.25) is 0 Å². The van der Waals surface area contributed by atoms with Gasteiger partial charge in [-0.1, -0.05) is 30.3 Å². The molecule has 4 nitrogen and oxygen atoms in total. The van der Waals surface area contributed by atoms with Crippen LogP contribution in [0, 0.1) is 24.6 Å². The number of rotatable bonds is 2. The highest BCUT2D eigenvalue weighted by Gasteiger charge is 1.94. The molecule has 0 atom stereocenters. The van der Waals surface area contributed by atoms with Crippen molar-refractivity contribution >= 4 is 11.4 Å². The molecule has 0 fully saturated rings. The predicted octanol–water partition coefficient (Wildman–Crippen LogP) is 4.75. The maximum Gasteiger partial charge on any atom is 0.0886 e. The quantitative estimate of drug-likeness (QED) is 0.559. The molecule has 90 valence electrons. The molecule has 0 aliphatic carbocycles. The summed E-state index contributed by atoms with van der Waals surface area (Å²) in [6, 6.07) is 16.0. The van der Waals surface area contributed by atoms with Gasteiger partial charge in [-0.25, -0.2) is 0 Å². The van der Waals surface area contributed by atoms with Crippen molar-refractivity contribution in [1.29, 1.82) is 10.8 Å². The lowest BCUT2D eigenvalue weighted by Gasteiger charge is -1.97. The number of benzene rings is 2. The Morgan fingerprint density at radius 2 is 1.56 bits per heavy atom. The summed E-state index contributed by atoms with van der Waals surface area (Å²) in [5, 5.41) is 20.5. The first kappa shape index (κ1) is 13.5. The van der Waals surface area contributed by atoms with Gasteiger partial charge in [0.25, 0.3) is 0 Å². The van der Waals surface area contributed by atoms with Crippen molar-refractivity contribution in [2.45, 2.75) is 13.8 Å². The van der Waals surface area contributed by atoms with Crippen molar-refractivity contribution < 1.29 is 0 Å². The third kappa shape index (κ3) is 3.80. The van der Waals surface area contributed by atoms with Crippen LogP contribution in [0.3, 0.4) is 0 Å². The Morgan fingerprint density at radius 1 is 0.833 bits per heavy atom. The van der Waals surface area contributed by atoms with Crippen LogP contribution in [0.4, 0.5) is 11.4 Å². The van der Waals surface area contributed by atoms with E-state index in [9.17, 15) is 0 Å². The van der Waals surface area contributed by atoms with Crippen LogP contribution in [0.15, 0.2) is 58.8 Å². The predicted molar refractivity (Wildman–Crippen MR) is 70.0 cm³/mol. The maximum absolute atomic E-state index is 6.00. The van der Waals surface area contributed by atoms with E-state index in [1.54, 1.807) is 0 Å². The smallest absolute Gasteiger partial charge is 0.0886 e. The zero-order chi connectivity index (χ0) is 13.4. The van der Waals surface area contributed by atoms with Crippen LogP contribution in [-0.4, -0.2) is 0 Å². The number of hydrogen-bond donors (Lipinski definition) is 0. The van der Waals surface area contributed by atoms with E-state index in [0.717, 1.165) is 16.9 Å². The third-order valence-electron chi connectivity index (χ3n) is 2.39. The molecule has 0 bridgehead atoms. The molecule has 2 aromatic rings. The number of nitrogens with zero attached hydrogens (tertiary/aromatic N) is 4. The summed E-state index contributed by atoms with van der Waals surface area (Å²) in [5.74, 6) is 0. The van der Waals surface area contributed by atoms with Gasteiger partial charge in [0, 0.05) is 10.8 Å². The Bertz CT molecular complexity index is 558. The minimum atomic E-state index is 0.892. The third-order valence-corrected chi connectivity index (χ3v) is 2.39. The summed E-state index contributed by atoms with van der Waals surface area (Å²) in [4.78, 5) is 0. The Morgan fingerprint density at radius 3 is 2.22 bits per heavy atom. The fraction of sp³-hybridized carbons (Fsp3) is 0.143. The monoisotopic (exact) mass is 238 g/mol. The van der Waals surface area contributed by atoms with E-state index in [-0.39, 0.29) is 0 Å². The van der Waals surface area contributed by atoms with Crippen LogP contribution in [0.1, 0.15) is 11.1 Å². The summed E-state index contributed by atoms with van der Waals surface area (Å²) in [7, 11) is 0. The lowest BCUT2D eigenvalue weighted by molar-refractivity contribution is 1.15. The molecule has 0 N–H and O–H groups in total. The van der Waals surface area contributed by atoms with Crippen molar-refractivity contribution in [1.82, 2.24) is 0 Å². The molecule has 2 aromatic carbocycles. The van der Waals surface area contributed by atoms with Gasteiger partial charge in [-0.15, -0.1) is 0 Å². The van der Waals surface area contributed by atoms with Gasteiger partial charge in [0.1, 0.15) is 0 Å². The Kier molecular flexibility index (Phi) is 5.20. The first-order valence-corrected chi connectivity index (χ1v) is 5.50. The Labute approximate surface area is 106 Å². The van der Waals surface area contributed by atoms with Crippen LogP contribution in [-0.2, 0) is 0 Å². The van der Waals surface area contributed by atoms with Gasteiger partial charge >= 0.3 is 0 Å². The van der Waals surface area contributed by atoms with E-state index in [1.165, 1.54) is 5.56 Å². The van der Waals surface area contributed by atoms with E-state index < -0.39 is 0 Å². The van der Waals surface area contributed by atoms with E-state index in [1.807, 2.05) is 62.4 Å². The Balaban J connectivity index is 0.000000771. The summed E-state index contributed by atoms with van der Waals surface area (Å²) in [5.41, 5.74) is 4.15. The average molecular weight is 238 g/mol. The maximum atomic E-state index is 6.00. The molecular weight excluding hydrogens is 224 g/mol. The van der Waals surface area contributed by atoms with E-state index >= 15 is 0 Å². The second-order valence-electron chi connectivity index (χ2n) is 3.83. The first-order chi connectivity index (χ1) is 8.75. The molecule has 2 rings (SSSR count). The molecule has 0 aliphatic rings. The average Bonchev–Trinajstić information content (AvgIpc) is 2.40. The fourth-order valence-corrected chi connectivity index (χ4v) is 1.48. The van der Waals surface area contributed by atoms with Crippen LogP contribution in [0.5, 0.6) is 0 Å². The summed E-state index contributed by atoms with van der Waals surface area (Å²) in [6.07, 6.45) is 0. The van der Waals surface area contributed by atoms with Crippen molar-refractivity contribution in [3.8, 4) is 0 Å². The lowest BCUT2D eigenvalue weighted by atomic mass is 10.2. The van der Waals surface area contributed by atoms with Crippen LogP contribution in [0.25, 0.3) is 0 Å². The highest BCUT2D eigenvalue weighted by molar-refractivity contribution is 5.45. The molecular formula is C14H14N4. The number of azo groups is 1. The van der Waals surface area contributed by atoms with Gasteiger partial charge < -0.3 is 0 Å². The van der Waals surface area contributed by atoms with Crippen molar-refractivity contribution in [3.63, 3.8) is 0 Å². The van der Waals surface area contributed by atoms with Crippen LogP contribution >= 0.6 is 0 Å². The number of aryl methyl sites for hydroxylation is 2. The van der Waals surface area contributed by atoms with E-state index in [4.69, 9.17) is 10.8 Å². The van der Waals surface area contributed by atoms with Gasteiger partial charge in [-0.2, -0.15) is 10.2 Å². The highest BCUT2D eigenvalue weighted by atomic mass is 15.1. The molecule has 0 saturated heterocycles. The second-order valence-corrected chi connectivity index (χ2v) is 3.83. The zero-order valence-electron chi connectivity index (χ0n) is 10.4. The van der Waals surface area contributed by atoms with Gasteiger partial charge in [0.15, 0.2) is 0 Å². The van der Waals surface area contributed by atoms with Crippen LogP contribution < -0.4 is 0 Å². The minimum absolute atomic E-state index is 0.892. The summed E-state index contributed by atoms with van der Waals surface area (Å²) < 4.78 is 0. The SMILES string of the molecule is Cc1cccc(N=Nc2ccccc2C)c1.N#N. The Hall–Kier alpha value is -2.54. The highest BCUT2D eigenvalue weighted by Crippen LogP contribution is 2.21. The normalized spacial score (nSPS) is 9.78. The molecule has 0 aliphatic heterocycles. The standard InChI is InChI=1S/C14H14N2.N2/c1-11-6-5-8-13(10-11)15-16-14-9-4-3-7-12(14)2;1-2/h3-10H,1-2H3;. The van der Waals surface area contributed by atoms with Crippen molar-refractivity contribution in [2.24, 2.45) is 10.2 Å². The second kappa shape index (κ2) is 6.92. The van der Waals surface area contributed by atoms with E-state index in [2.05, 4.69) is 10.2 Å². The number of hydrogen-bond acceptors (Lipinski definition) is 4. The lowest BCUT2D eigenvalue weighted by Crippen LogP contribution is -1.72. The minimum Gasteiger partial charge on any atom is -0.151 e. The van der Waals surface area contributed by atoms with E-state index in [0.29, 0.717) is 0 Å². The fourth-order valence-electron chi connectivity index (χ4n) is 1.48. The molecule has 0 aromatic heterocycles. The molecule has 0 heterocycles. The topological polar surface area (TPSA) is 72.3 Å². The molecule has 0 saturated carbocycles. The van der Waals surface area contributed by atoms with Crippen LogP contribution in [0.2, 0.25) is 0 Å². The zero-order valence-corrected chi connectivity index (χ0v) is 10.4. The van der Waals surface area contributed by atoms with Crippen molar-refractivity contribution in [3.05, 3.63) is 59.7 Å². The molecule has 0 radical (unpaired) electrons. The largest absolute Gasteiger partial charge is 0.151 e. The molecule has 0 unspecified atom stereocenters. The van der Waals surface area contributed by atoms with Gasteiger partial charge in [0.05, 0.1) is 11.4 Å². The van der Waals surface area contributed by atoms with Crippen molar-refractivity contribution in [2.75, 3.05) is 0 Å².